The van der Waals surface area contributed by atoms with Crippen LogP contribution in [0.25, 0.3) is 0 Å². The summed E-state index contributed by atoms with van der Waals surface area (Å²) < 4.78 is 53.4. The molecule has 0 heterocycles. The zero-order valence-electron chi connectivity index (χ0n) is 10.2. The lowest BCUT2D eigenvalue weighted by Crippen LogP contribution is -2.18. The molecule has 0 atom stereocenters. The van der Waals surface area contributed by atoms with Crippen molar-refractivity contribution in [3.8, 4) is 5.75 Å². The Labute approximate surface area is 104 Å². The van der Waals surface area contributed by atoms with Crippen molar-refractivity contribution in [3.63, 3.8) is 0 Å². The Hall–Kier alpha value is -1.26. The van der Waals surface area contributed by atoms with Crippen LogP contribution in [0.4, 0.5) is 17.6 Å². The number of halogens is 4. The Bertz CT molecular complexity index is 374. The van der Waals surface area contributed by atoms with Crippen molar-refractivity contribution in [1.29, 1.82) is 0 Å². The summed E-state index contributed by atoms with van der Waals surface area (Å²) in [6, 6.07) is 3.85. The molecule has 1 aromatic rings. The molecule has 0 saturated carbocycles. The van der Waals surface area contributed by atoms with Gasteiger partial charge in [0.1, 0.15) is 0 Å². The second-order valence-electron chi connectivity index (χ2n) is 4.09. The van der Waals surface area contributed by atoms with Crippen molar-refractivity contribution in [2.45, 2.75) is 45.4 Å². The Kier molecular flexibility index (Phi) is 5.44. The van der Waals surface area contributed by atoms with Gasteiger partial charge < -0.3 is 4.74 Å². The zero-order chi connectivity index (χ0) is 13.6. The molecule has 0 radical (unpaired) electrons. The lowest BCUT2D eigenvalue weighted by molar-refractivity contribution is -0.275. The first-order valence-corrected chi connectivity index (χ1v) is 5.97. The maximum absolute atomic E-state index is 13.7. The molecule has 0 fully saturated rings. The Balaban J connectivity index is 2.67. The fourth-order valence-electron chi connectivity index (χ4n) is 1.70. The van der Waals surface area contributed by atoms with E-state index in [0.717, 1.165) is 31.7 Å². The number of hydrogen-bond acceptors (Lipinski definition) is 1. The summed E-state index contributed by atoms with van der Waals surface area (Å²) in [5.41, 5.74) is 0.271. The largest absolute Gasteiger partial charge is 0.573 e. The SMILES string of the molecule is CCCCCCc1cccc(OC(F)(F)F)c1F. The molecule has 0 aliphatic heterocycles. The smallest absolute Gasteiger partial charge is 0.403 e. The molecule has 18 heavy (non-hydrogen) atoms. The molecule has 1 nitrogen and oxygen atoms in total. The van der Waals surface area contributed by atoms with Gasteiger partial charge in [0.2, 0.25) is 0 Å². The van der Waals surface area contributed by atoms with Gasteiger partial charge in [-0.15, -0.1) is 13.2 Å². The number of alkyl halides is 3. The maximum Gasteiger partial charge on any atom is 0.573 e. The van der Waals surface area contributed by atoms with E-state index in [2.05, 4.69) is 11.7 Å². The van der Waals surface area contributed by atoms with E-state index in [4.69, 9.17) is 0 Å². The molecule has 1 aromatic carbocycles. The van der Waals surface area contributed by atoms with Gasteiger partial charge in [-0.3, -0.25) is 0 Å². The monoisotopic (exact) mass is 264 g/mol. The van der Waals surface area contributed by atoms with Gasteiger partial charge in [-0.25, -0.2) is 4.39 Å². The highest BCUT2D eigenvalue weighted by Gasteiger charge is 2.32. The van der Waals surface area contributed by atoms with Gasteiger partial charge in [-0.05, 0) is 24.5 Å². The first-order chi connectivity index (χ1) is 8.44. The first kappa shape index (κ1) is 14.8. The number of aryl methyl sites for hydroxylation is 1. The van der Waals surface area contributed by atoms with E-state index in [9.17, 15) is 17.6 Å². The topological polar surface area (TPSA) is 9.23 Å². The molecule has 0 spiro atoms. The third-order valence-electron chi connectivity index (χ3n) is 2.57. The van der Waals surface area contributed by atoms with Crippen molar-refractivity contribution >= 4 is 0 Å². The number of benzene rings is 1. The number of rotatable bonds is 6. The number of ether oxygens (including phenoxy) is 1. The van der Waals surface area contributed by atoms with Crippen LogP contribution in [0.5, 0.6) is 5.75 Å². The molecule has 1 rings (SSSR count). The van der Waals surface area contributed by atoms with Crippen molar-refractivity contribution < 1.29 is 22.3 Å². The van der Waals surface area contributed by atoms with Crippen LogP contribution < -0.4 is 4.74 Å². The second kappa shape index (κ2) is 6.61. The van der Waals surface area contributed by atoms with Crippen molar-refractivity contribution in [1.82, 2.24) is 0 Å². The third-order valence-corrected chi connectivity index (χ3v) is 2.57. The Morgan fingerprint density at radius 1 is 1.11 bits per heavy atom. The highest BCUT2D eigenvalue weighted by molar-refractivity contribution is 5.31. The summed E-state index contributed by atoms with van der Waals surface area (Å²) in [4.78, 5) is 0. The minimum Gasteiger partial charge on any atom is -0.403 e. The standard InChI is InChI=1S/C13H16F4O/c1-2-3-4-5-7-10-8-6-9-11(12(10)14)18-13(15,16)17/h6,8-9H,2-5,7H2,1H3. The van der Waals surface area contributed by atoms with E-state index in [1.807, 2.05) is 0 Å². The third kappa shape index (κ3) is 4.94. The van der Waals surface area contributed by atoms with Crippen LogP contribution in [-0.2, 0) is 6.42 Å². The van der Waals surface area contributed by atoms with Gasteiger partial charge >= 0.3 is 6.36 Å². The summed E-state index contributed by atoms with van der Waals surface area (Å²) in [5.74, 6) is -1.66. The summed E-state index contributed by atoms with van der Waals surface area (Å²) in [6.07, 6.45) is -0.622. The van der Waals surface area contributed by atoms with Gasteiger partial charge in [0.05, 0.1) is 0 Å². The van der Waals surface area contributed by atoms with Gasteiger partial charge in [-0.2, -0.15) is 0 Å². The molecule has 0 unspecified atom stereocenters. The fraction of sp³-hybridized carbons (Fsp3) is 0.538. The Morgan fingerprint density at radius 3 is 2.44 bits per heavy atom. The minimum absolute atomic E-state index is 0.271. The molecule has 0 amide bonds. The lowest BCUT2D eigenvalue weighted by Gasteiger charge is -2.11. The predicted octanol–water partition coefficient (Wildman–Crippen LogP) is 4.85. The highest BCUT2D eigenvalue weighted by Crippen LogP contribution is 2.27. The van der Waals surface area contributed by atoms with E-state index < -0.39 is 17.9 Å². The second-order valence-corrected chi connectivity index (χ2v) is 4.09. The predicted molar refractivity (Wildman–Crippen MR) is 60.9 cm³/mol. The quantitative estimate of drug-likeness (QED) is 0.527. The molecule has 0 aromatic heterocycles. The molecular weight excluding hydrogens is 248 g/mol. The molecule has 5 heteroatoms. The van der Waals surface area contributed by atoms with Crippen LogP contribution in [0.2, 0.25) is 0 Å². The summed E-state index contributed by atoms with van der Waals surface area (Å²) in [7, 11) is 0. The summed E-state index contributed by atoms with van der Waals surface area (Å²) in [6.45, 7) is 2.05. The summed E-state index contributed by atoms with van der Waals surface area (Å²) >= 11 is 0. The van der Waals surface area contributed by atoms with Gasteiger partial charge in [0, 0.05) is 0 Å². The van der Waals surface area contributed by atoms with E-state index >= 15 is 0 Å². The molecular formula is C13H16F4O. The summed E-state index contributed by atoms with van der Waals surface area (Å²) in [5, 5.41) is 0. The number of hydrogen-bond donors (Lipinski definition) is 0. The molecule has 0 saturated heterocycles. The van der Waals surface area contributed by atoms with Crippen LogP contribution in [0, 0.1) is 5.82 Å². The van der Waals surface area contributed by atoms with E-state index in [0.29, 0.717) is 6.42 Å². The van der Waals surface area contributed by atoms with Gasteiger partial charge in [-0.1, -0.05) is 38.3 Å². The minimum atomic E-state index is -4.86. The highest BCUT2D eigenvalue weighted by atomic mass is 19.4. The van der Waals surface area contributed by atoms with Gasteiger partial charge in [0.25, 0.3) is 0 Å². The molecule has 0 aliphatic rings. The van der Waals surface area contributed by atoms with Crippen molar-refractivity contribution in [3.05, 3.63) is 29.6 Å². The average molecular weight is 264 g/mol. The van der Waals surface area contributed by atoms with Crippen molar-refractivity contribution in [2.75, 3.05) is 0 Å². The molecule has 0 aliphatic carbocycles. The zero-order valence-corrected chi connectivity index (χ0v) is 10.2. The van der Waals surface area contributed by atoms with Crippen LogP contribution in [-0.4, -0.2) is 6.36 Å². The van der Waals surface area contributed by atoms with E-state index in [1.54, 1.807) is 0 Å². The lowest BCUT2D eigenvalue weighted by atomic mass is 10.1. The van der Waals surface area contributed by atoms with Crippen molar-refractivity contribution in [2.24, 2.45) is 0 Å². The average Bonchev–Trinajstić information content (AvgIpc) is 2.27. The van der Waals surface area contributed by atoms with E-state index in [1.165, 1.54) is 12.1 Å². The van der Waals surface area contributed by atoms with Crippen LogP contribution in [0.1, 0.15) is 38.2 Å². The maximum atomic E-state index is 13.7. The van der Waals surface area contributed by atoms with Crippen LogP contribution in [0.15, 0.2) is 18.2 Å². The fourth-order valence-corrected chi connectivity index (χ4v) is 1.70. The van der Waals surface area contributed by atoms with E-state index in [-0.39, 0.29) is 5.56 Å². The van der Waals surface area contributed by atoms with Crippen LogP contribution in [0.3, 0.4) is 0 Å². The molecule has 102 valence electrons. The normalized spacial score (nSPS) is 11.6. The first-order valence-electron chi connectivity index (χ1n) is 5.97. The van der Waals surface area contributed by atoms with Crippen LogP contribution >= 0.6 is 0 Å². The number of unbranched alkanes of at least 4 members (excludes halogenated alkanes) is 3. The Morgan fingerprint density at radius 2 is 1.83 bits per heavy atom. The molecule has 0 N–H and O–H groups in total. The van der Waals surface area contributed by atoms with Gasteiger partial charge in [0.15, 0.2) is 11.6 Å². The molecule has 0 bridgehead atoms.